The number of hydrogen-bond acceptors (Lipinski definition) is 8. The highest BCUT2D eigenvalue weighted by Crippen LogP contribution is 2.17. The molecule has 12 heteroatoms. The lowest BCUT2D eigenvalue weighted by Crippen LogP contribution is -2.14. The van der Waals surface area contributed by atoms with Crippen molar-refractivity contribution in [1.82, 2.24) is 0 Å². The van der Waals surface area contributed by atoms with Gasteiger partial charge in [-0.1, -0.05) is 38.5 Å². The molecule has 0 bridgehead atoms. The number of ether oxygens (including phenoxy) is 2. The van der Waals surface area contributed by atoms with Crippen molar-refractivity contribution >= 4 is 35.8 Å². The van der Waals surface area contributed by atoms with Gasteiger partial charge < -0.3 is 29.9 Å². The second kappa shape index (κ2) is 15.6. The molecular weight excluding hydrogens is 528 g/mol. The lowest BCUT2D eigenvalue weighted by molar-refractivity contribution is 0.0480. The lowest BCUT2D eigenvalue weighted by Gasteiger charge is -2.09. The van der Waals surface area contributed by atoms with Crippen LogP contribution in [0.15, 0.2) is 36.4 Å². The number of benzene rings is 2. The SMILES string of the molecule is O=C(O)c1ccc(C(=O)O)c(C(=O)OCCCCCCCCCCOC(=O)c2cc(C(=O)O)ccc2C(=O)O)c1. The number of aromatic carboxylic acids is 4. The Kier molecular flexibility index (Phi) is 12.3. The first-order chi connectivity index (χ1) is 19.0. The van der Waals surface area contributed by atoms with E-state index in [1.54, 1.807) is 0 Å². The van der Waals surface area contributed by atoms with E-state index in [4.69, 9.17) is 19.7 Å². The van der Waals surface area contributed by atoms with E-state index in [0.717, 1.165) is 74.9 Å². The maximum absolute atomic E-state index is 12.3. The average Bonchev–Trinajstić information content (AvgIpc) is 2.92. The topological polar surface area (TPSA) is 202 Å². The van der Waals surface area contributed by atoms with E-state index >= 15 is 0 Å². The van der Waals surface area contributed by atoms with E-state index in [-0.39, 0.29) is 46.6 Å². The molecule has 0 spiro atoms. The molecule has 0 atom stereocenters. The molecule has 0 aliphatic rings. The zero-order chi connectivity index (χ0) is 29.7. The van der Waals surface area contributed by atoms with E-state index in [2.05, 4.69) is 0 Å². The van der Waals surface area contributed by atoms with Gasteiger partial charge in [0.15, 0.2) is 0 Å². The molecule has 0 saturated heterocycles. The number of hydrogen-bond donors (Lipinski definition) is 4. The minimum atomic E-state index is -1.36. The Labute approximate surface area is 229 Å². The predicted octanol–water partition coefficient (Wildman–Crippen LogP) is 4.61. The van der Waals surface area contributed by atoms with Gasteiger partial charge in [-0.05, 0) is 49.2 Å². The van der Waals surface area contributed by atoms with Crippen LogP contribution < -0.4 is 0 Å². The summed E-state index contributed by atoms with van der Waals surface area (Å²) < 4.78 is 10.2. The van der Waals surface area contributed by atoms with Crippen molar-refractivity contribution in [3.8, 4) is 0 Å². The molecule has 0 amide bonds. The fraction of sp³-hybridized carbons (Fsp3) is 0.357. The summed E-state index contributed by atoms with van der Waals surface area (Å²) in [7, 11) is 0. The fourth-order valence-electron chi connectivity index (χ4n) is 3.82. The Morgan fingerprint density at radius 1 is 0.450 bits per heavy atom. The molecule has 0 unspecified atom stereocenters. The van der Waals surface area contributed by atoms with Crippen molar-refractivity contribution in [2.45, 2.75) is 51.4 Å². The lowest BCUT2D eigenvalue weighted by atomic mass is 10.0. The minimum Gasteiger partial charge on any atom is -0.478 e. The van der Waals surface area contributed by atoms with Crippen LogP contribution in [-0.2, 0) is 9.47 Å². The summed E-state index contributed by atoms with van der Waals surface area (Å²) in [5, 5.41) is 36.5. The molecular formula is C28H30O12. The van der Waals surface area contributed by atoms with Gasteiger partial charge in [0.2, 0.25) is 0 Å². The number of esters is 2. The van der Waals surface area contributed by atoms with Crippen LogP contribution in [0.3, 0.4) is 0 Å². The van der Waals surface area contributed by atoms with E-state index in [1.807, 2.05) is 0 Å². The molecule has 0 fully saturated rings. The van der Waals surface area contributed by atoms with E-state index in [9.17, 15) is 39.0 Å². The fourth-order valence-corrected chi connectivity index (χ4v) is 3.82. The molecule has 214 valence electrons. The van der Waals surface area contributed by atoms with Crippen LogP contribution in [0, 0.1) is 0 Å². The third-order valence-corrected chi connectivity index (χ3v) is 5.94. The van der Waals surface area contributed by atoms with Crippen molar-refractivity contribution in [3.05, 3.63) is 69.8 Å². The first kappa shape index (κ1) is 31.5. The largest absolute Gasteiger partial charge is 0.478 e. The number of carbonyl (C=O) groups is 6. The van der Waals surface area contributed by atoms with Crippen molar-refractivity contribution in [2.24, 2.45) is 0 Å². The predicted molar refractivity (Wildman–Crippen MR) is 138 cm³/mol. The molecule has 2 aromatic carbocycles. The molecule has 0 saturated carbocycles. The zero-order valence-electron chi connectivity index (χ0n) is 21.6. The Morgan fingerprint density at radius 2 is 0.775 bits per heavy atom. The Bertz CT molecular complexity index is 1170. The third kappa shape index (κ3) is 9.53. The van der Waals surface area contributed by atoms with Gasteiger partial charge in [0.1, 0.15) is 0 Å². The van der Waals surface area contributed by atoms with Crippen LogP contribution in [0.1, 0.15) is 114 Å². The summed E-state index contributed by atoms with van der Waals surface area (Å²) in [6.45, 7) is 0.138. The van der Waals surface area contributed by atoms with Gasteiger partial charge in [0.25, 0.3) is 0 Å². The van der Waals surface area contributed by atoms with Gasteiger partial charge in [-0.3, -0.25) is 0 Å². The molecule has 2 rings (SSSR count). The summed E-state index contributed by atoms with van der Waals surface area (Å²) >= 11 is 0. The molecule has 40 heavy (non-hydrogen) atoms. The van der Waals surface area contributed by atoms with E-state index < -0.39 is 35.8 Å². The second-order valence-corrected chi connectivity index (χ2v) is 8.84. The minimum absolute atomic E-state index is 0.0690. The van der Waals surface area contributed by atoms with E-state index in [0.29, 0.717) is 12.8 Å². The monoisotopic (exact) mass is 558 g/mol. The van der Waals surface area contributed by atoms with E-state index in [1.165, 1.54) is 0 Å². The second-order valence-electron chi connectivity index (χ2n) is 8.84. The number of rotatable bonds is 17. The van der Waals surface area contributed by atoms with Gasteiger partial charge in [0.05, 0.1) is 46.6 Å². The molecule has 0 radical (unpaired) electrons. The van der Waals surface area contributed by atoms with Gasteiger partial charge in [-0.25, -0.2) is 28.8 Å². The molecule has 4 N–H and O–H groups in total. The summed E-state index contributed by atoms with van der Waals surface area (Å²) in [5.41, 5.74) is -1.71. The molecule has 0 aromatic heterocycles. The van der Waals surface area contributed by atoms with Crippen LogP contribution in [0.4, 0.5) is 0 Å². The molecule has 2 aromatic rings. The highest BCUT2D eigenvalue weighted by Gasteiger charge is 2.21. The number of carboxylic acid groups (broad SMARTS) is 4. The molecule has 12 nitrogen and oxygen atoms in total. The highest BCUT2D eigenvalue weighted by atomic mass is 16.5. The summed E-state index contributed by atoms with van der Waals surface area (Å²) in [6.07, 6.45) is 6.25. The first-order valence-corrected chi connectivity index (χ1v) is 12.6. The van der Waals surface area contributed by atoms with Crippen LogP contribution >= 0.6 is 0 Å². The van der Waals surface area contributed by atoms with Gasteiger partial charge in [-0.15, -0.1) is 0 Å². The van der Waals surface area contributed by atoms with Crippen molar-refractivity contribution in [3.63, 3.8) is 0 Å². The van der Waals surface area contributed by atoms with Crippen LogP contribution in [0.2, 0.25) is 0 Å². The zero-order valence-corrected chi connectivity index (χ0v) is 21.6. The Hall–Kier alpha value is -4.74. The maximum atomic E-state index is 12.3. The van der Waals surface area contributed by atoms with Gasteiger partial charge >= 0.3 is 35.8 Å². The van der Waals surface area contributed by atoms with Crippen LogP contribution in [-0.4, -0.2) is 69.5 Å². The first-order valence-electron chi connectivity index (χ1n) is 12.6. The van der Waals surface area contributed by atoms with Crippen LogP contribution in [0.25, 0.3) is 0 Å². The Balaban J connectivity index is 1.60. The molecule has 0 aliphatic carbocycles. The normalized spacial score (nSPS) is 10.5. The Morgan fingerprint density at radius 3 is 1.07 bits per heavy atom. The van der Waals surface area contributed by atoms with Gasteiger partial charge in [0, 0.05) is 0 Å². The smallest absolute Gasteiger partial charge is 0.339 e. The van der Waals surface area contributed by atoms with Crippen molar-refractivity contribution in [2.75, 3.05) is 13.2 Å². The maximum Gasteiger partial charge on any atom is 0.339 e. The molecule has 0 heterocycles. The average molecular weight is 559 g/mol. The van der Waals surface area contributed by atoms with Crippen molar-refractivity contribution in [1.29, 1.82) is 0 Å². The quantitative estimate of drug-likeness (QED) is 0.155. The van der Waals surface area contributed by atoms with Crippen molar-refractivity contribution < 1.29 is 58.7 Å². The third-order valence-electron chi connectivity index (χ3n) is 5.94. The number of carboxylic acids is 4. The summed E-state index contributed by atoms with van der Waals surface area (Å²) in [4.78, 5) is 69.3. The standard InChI is InChI=1S/C28H30O12/c29-23(30)17-9-11-19(25(33)34)21(15-17)27(37)39-13-7-5-3-1-2-4-6-8-14-40-28(38)22-16-18(24(31)32)10-12-20(22)26(35)36/h9-12,15-16H,1-8,13-14H2,(H,29,30)(H,31,32)(H,33,34)(H,35,36). The van der Waals surface area contributed by atoms with Gasteiger partial charge in [-0.2, -0.15) is 0 Å². The molecule has 0 aliphatic heterocycles. The number of unbranched alkanes of at least 4 members (excludes halogenated alkanes) is 7. The van der Waals surface area contributed by atoms with Crippen LogP contribution in [0.5, 0.6) is 0 Å². The highest BCUT2D eigenvalue weighted by molar-refractivity contribution is 6.05. The number of carbonyl (C=O) groups excluding carboxylic acids is 2. The summed E-state index contributed by atoms with van der Waals surface area (Å²) in [5.74, 6) is -7.08. The summed E-state index contributed by atoms with van der Waals surface area (Å²) in [6, 6.07) is 6.30.